The first-order valence-corrected chi connectivity index (χ1v) is 17.9. The molecule has 1 fully saturated rings. The number of halogens is 2. The molecular formula is C38H37F2N9O5. The number of likely N-dealkylation sites (N-methyl/N-ethyl adjacent to an activating group) is 1. The molecule has 0 saturated carbocycles. The van der Waals surface area contributed by atoms with Gasteiger partial charge in [-0.3, -0.25) is 14.2 Å². The van der Waals surface area contributed by atoms with Crippen LogP contribution in [0.5, 0.6) is 11.8 Å². The maximum atomic E-state index is 15.0. The molecule has 14 nitrogen and oxygen atoms in total. The van der Waals surface area contributed by atoms with E-state index < -0.39 is 29.9 Å². The van der Waals surface area contributed by atoms with E-state index in [0.29, 0.717) is 88.8 Å². The number of ether oxygens (including phenoxy) is 3. The monoisotopic (exact) mass is 737 g/mol. The largest absolute Gasteiger partial charge is 0.491 e. The van der Waals surface area contributed by atoms with E-state index in [1.807, 2.05) is 16.4 Å². The average molecular weight is 738 g/mol. The Kier molecular flexibility index (Phi) is 8.28. The fourth-order valence-electron chi connectivity index (χ4n) is 8.03. The number of benzene rings is 2. The van der Waals surface area contributed by atoms with Gasteiger partial charge in [0.15, 0.2) is 0 Å². The van der Waals surface area contributed by atoms with Crippen LogP contribution in [0.4, 0.5) is 14.5 Å². The molecule has 54 heavy (non-hydrogen) atoms. The average Bonchev–Trinajstić information content (AvgIpc) is 3.86. The minimum absolute atomic E-state index is 0.0652. The summed E-state index contributed by atoms with van der Waals surface area (Å²) in [6.07, 6.45) is 3.76. The molecule has 2 aromatic carbocycles. The van der Waals surface area contributed by atoms with Gasteiger partial charge in [0.05, 0.1) is 59.8 Å². The second-order valence-corrected chi connectivity index (χ2v) is 14.0. The van der Waals surface area contributed by atoms with E-state index in [9.17, 15) is 14.0 Å². The maximum Gasteiger partial charge on any atom is 0.317 e. The fourth-order valence-corrected chi connectivity index (χ4v) is 8.03. The Labute approximate surface area is 307 Å². The molecule has 0 radical (unpaired) electrons. The molecule has 0 N–H and O–H groups in total. The summed E-state index contributed by atoms with van der Waals surface area (Å²) in [5, 5.41) is 5.33. The van der Waals surface area contributed by atoms with Crippen molar-refractivity contribution in [1.82, 2.24) is 38.8 Å². The summed E-state index contributed by atoms with van der Waals surface area (Å²) in [4.78, 5) is 45.9. The lowest BCUT2D eigenvalue weighted by atomic mass is 10.1. The van der Waals surface area contributed by atoms with Crippen LogP contribution in [0.1, 0.15) is 25.1 Å². The zero-order valence-electron chi connectivity index (χ0n) is 29.9. The number of methoxy groups -OCH3 is 1. The summed E-state index contributed by atoms with van der Waals surface area (Å²) in [5.74, 6) is -0.139. The van der Waals surface area contributed by atoms with E-state index in [1.54, 1.807) is 58.9 Å². The van der Waals surface area contributed by atoms with Gasteiger partial charge in [0, 0.05) is 63.6 Å². The van der Waals surface area contributed by atoms with Gasteiger partial charge in [0.25, 0.3) is 5.56 Å². The van der Waals surface area contributed by atoms with Crippen LogP contribution in [0.25, 0.3) is 39.0 Å². The minimum atomic E-state index is -0.746. The molecule has 6 aromatic rings. The fraction of sp³-hybridized carbons (Fsp3) is 0.368. The van der Waals surface area contributed by atoms with E-state index in [-0.39, 0.29) is 37.0 Å². The number of aromatic nitrogens is 7. The van der Waals surface area contributed by atoms with Crippen LogP contribution in [0.2, 0.25) is 0 Å². The molecule has 4 bridgehead atoms. The van der Waals surface area contributed by atoms with Crippen LogP contribution in [0, 0.1) is 18.6 Å². The predicted molar refractivity (Wildman–Crippen MR) is 194 cm³/mol. The van der Waals surface area contributed by atoms with Crippen LogP contribution in [-0.4, -0.2) is 96.8 Å². The molecule has 3 atom stereocenters. The van der Waals surface area contributed by atoms with E-state index in [2.05, 4.69) is 9.97 Å². The number of fused-ring (bicyclic) bond motifs is 7. The number of carbonyl (C=O) groups is 1. The van der Waals surface area contributed by atoms with Gasteiger partial charge in [-0.05, 0) is 44.0 Å². The lowest BCUT2D eigenvalue weighted by Crippen LogP contribution is -2.47. The van der Waals surface area contributed by atoms with Crippen molar-refractivity contribution in [3.8, 4) is 28.7 Å². The Balaban J connectivity index is 1.18. The number of hydrogen-bond donors (Lipinski definition) is 0. The zero-order valence-corrected chi connectivity index (χ0v) is 29.9. The van der Waals surface area contributed by atoms with Crippen LogP contribution in [0.15, 0.2) is 59.7 Å². The second kappa shape index (κ2) is 13.2. The molecule has 9 rings (SSSR count). The van der Waals surface area contributed by atoms with Crippen molar-refractivity contribution in [2.24, 2.45) is 0 Å². The highest BCUT2D eigenvalue weighted by atomic mass is 19.1. The van der Waals surface area contributed by atoms with Crippen LogP contribution in [0.3, 0.4) is 0 Å². The number of nitrogens with zero attached hydrogens (tertiary/aromatic N) is 9. The Morgan fingerprint density at radius 2 is 1.81 bits per heavy atom. The molecule has 0 aliphatic carbocycles. The topological polar surface area (TPSA) is 135 Å². The van der Waals surface area contributed by atoms with Gasteiger partial charge in [-0.2, -0.15) is 10.1 Å². The SMILES string of the molecule is CO[C@@H]1CN(C)C(=O)[C@@H]2C[C@@H](CN2c2cc(=O)n3c4c2cnn4-c2ccc(F)cc2OCCCC3)Oc2nccc(n2)-c2cc(F)cc3nc(C)n(c23)C1. The van der Waals surface area contributed by atoms with E-state index in [1.165, 1.54) is 24.3 Å². The Bertz CT molecular complexity index is 2520. The van der Waals surface area contributed by atoms with Crippen molar-refractivity contribution < 1.29 is 27.8 Å². The third kappa shape index (κ3) is 5.71. The number of imidazole rings is 1. The number of amides is 1. The first-order valence-electron chi connectivity index (χ1n) is 17.9. The molecule has 1 saturated heterocycles. The van der Waals surface area contributed by atoms with Crippen LogP contribution in [-0.2, 0) is 22.6 Å². The van der Waals surface area contributed by atoms with Crippen LogP contribution < -0.4 is 19.9 Å². The van der Waals surface area contributed by atoms with Gasteiger partial charge in [0.2, 0.25) is 5.91 Å². The molecule has 4 aromatic heterocycles. The highest BCUT2D eigenvalue weighted by molar-refractivity contribution is 5.95. The first-order chi connectivity index (χ1) is 26.2. The first kappa shape index (κ1) is 33.9. The normalized spacial score (nSPS) is 20.3. The standard InChI is InChI=1S/C38H37F2N9O5/c1-21-43-29-13-23(40)12-26-28-8-9-41-38(44-28)54-24-15-32(37(51)45(2)18-25(52-3)20-47(21)35(26)29)48(19-24)31-16-34(50)46-10-4-5-11-53-33-14-22(39)6-7-30(33)49-36(46)27(31)17-42-49/h6-9,12-14,16-17,24-25,32H,4-5,10-11,15,18-20H2,1-3H3/t24-,25+,32-/m0/s1. The third-order valence-electron chi connectivity index (χ3n) is 10.6. The van der Waals surface area contributed by atoms with Gasteiger partial charge < -0.3 is 28.6 Å². The summed E-state index contributed by atoms with van der Waals surface area (Å²) < 4.78 is 53.0. The van der Waals surface area contributed by atoms with E-state index in [0.717, 1.165) is 0 Å². The van der Waals surface area contributed by atoms with E-state index in [4.69, 9.17) is 24.3 Å². The Morgan fingerprint density at radius 3 is 2.67 bits per heavy atom. The number of pyridine rings is 1. The highest BCUT2D eigenvalue weighted by Crippen LogP contribution is 2.37. The zero-order chi connectivity index (χ0) is 37.2. The molecule has 0 unspecified atom stereocenters. The van der Waals surface area contributed by atoms with Crippen LogP contribution >= 0.6 is 0 Å². The van der Waals surface area contributed by atoms with Gasteiger partial charge in [-0.1, -0.05) is 0 Å². The van der Waals surface area contributed by atoms with Crippen molar-refractivity contribution in [3.63, 3.8) is 0 Å². The Morgan fingerprint density at radius 1 is 0.944 bits per heavy atom. The maximum absolute atomic E-state index is 15.0. The summed E-state index contributed by atoms with van der Waals surface area (Å²) in [5.41, 5.74) is 3.36. The molecule has 1 amide bonds. The van der Waals surface area contributed by atoms with Gasteiger partial charge in [-0.15, -0.1) is 0 Å². The third-order valence-corrected chi connectivity index (χ3v) is 10.6. The molecule has 278 valence electrons. The lowest BCUT2D eigenvalue weighted by Gasteiger charge is -2.31. The number of rotatable bonds is 2. The molecule has 0 spiro atoms. The number of hydrogen-bond acceptors (Lipinski definition) is 10. The lowest BCUT2D eigenvalue weighted by molar-refractivity contribution is -0.132. The highest BCUT2D eigenvalue weighted by Gasteiger charge is 2.42. The molecule has 16 heteroatoms. The molecule has 3 aliphatic heterocycles. The van der Waals surface area contributed by atoms with Crippen molar-refractivity contribution in [3.05, 3.63) is 82.7 Å². The van der Waals surface area contributed by atoms with Gasteiger partial charge >= 0.3 is 6.01 Å². The molecular weight excluding hydrogens is 700 g/mol. The summed E-state index contributed by atoms with van der Waals surface area (Å²) in [7, 11) is 3.32. The number of carbonyl (C=O) groups excluding carboxylic acids is 1. The van der Waals surface area contributed by atoms with E-state index >= 15 is 4.39 Å². The number of anilines is 1. The summed E-state index contributed by atoms with van der Waals surface area (Å²) in [6, 6.07) is 9.61. The molecule has 3 aliphatic rings. The smallest absolute Gasteiger partial charge is 0.317 e. The van der Waals surface area contributed by atoms with Crippen molar-refractivity contribution >= 4 is 33.7 Å². The van der Waals surface area contributed by atoms with Crippen molar-refractivity contribution in [2.45, 2.75) is 57.5 Å². The Hall–Kier alpha value is -5.90. The number of aryl methyl sites for hydroxylation is 2. The second-order valence-electron chi connectivity index (χ2n) is 14.0. The van der Waals surface area contributed by atoms with Crippen molar-refractivity contribution in [1.29, 1.82) is 0 Å². The quantitative estimate of drug-likeness (QED) is 0.254. The van der Waals surface area contributed by atoms with Gasteiger partial charge in [-0.25, -0.2) is 23.4 Å². The van der Waals surface area contributed by atoms with Gasteiger partial charge in [0.1, 0.15) is 46.7 Å². The summed E-state index contributed by atoms with van der Waals surface area (Å²) in [6.45, 7) is 3.40. The summed E-state index contributed by atoms with van der Waals surface area (Å²) >= 11 is 0. The van der Waals surface area contributed by atoms with Crippen molar-refractivity contribution in [2.75, 3.05) is 38.8 Å². The minimum Gasteiger partial charge on any atom is -0.491 e. The predicted octanol–water partition coefficient (Wildman–Crippen LogP) is 4.27. The molecule has 7 heterocycles.